The van der Waals surface area contributed by atoms with E-state index >= 15 is 0 Å². The highest BCUT2D eigenvalue weighted by Crippen LogP contribution is 2.34. The molecule has 0 saturated carbocycles. The second-order valence-electron chi connectivity index (χ2n) is 1.70. The molecule has 0 aromatic carbocycles. The van der Waals surface area contributed by atoms with Crippen molar-refractivity contribution in [2.45, 2.75) is 6.18 Å². The van der Waals surface area contributed by atoms with Crippen LogP contribution in [-0.2, 0) is 0 Å². The predicted molar refractivity (Wildman–Crippen MR) is 25.6 cm³/mol. The summed E-state index contributed by atoms with van der Waals surface area (Å²) in [5.74, 6) is -9.94. The average Bonchev–Trinajstić information content (AvgIpc) is 1.98. The van der Waals surface area contributed by atoms with Crippen LogP contribution in [0.5, 0.6) is 0 Å². The van der Waals surface area contributed by atoms with Gasteiger partial charge in [-0.05, 0) is 0 Å². The molecule has 76 valence electrons. The van der Waals surface area contributed by atoms with Crippen LogP contribution in [-0.4, -0.2) is 6.18 Å². The van der Waals surface area contributed by atoms with Crippen molar-refractivity contribution >= 4 is 0 Å². The monoisotopic (exact) mass is 212 g/mol. The van der Waals surface area contributed by atoms with Crippen LogP contribution in [0.1, 0.15) is 0 Å². The number of rotatable bonds is 1. The lowest BCUT2D eigenvalue weighted by atomic mass is 10.4. The minimum atomic E-state index is -5.82. The van der Waals surface area contributed by atoms with Gasteiger partial charge in [0.05, 0.1) is 0 Å². The zero-order valence-electron chi connectivity index (χ0n) is 5.52. The number of allylic oxidation sites excluding steroid dienone is 3. The first-order chi connectivity index (χ1) is 5.68. The molecule has 0 saturated heterocycles. The maximum Gasteiger partial charge on any atom is 0.446 e. The molecule has 0 aromatic rings. The summed E-state index contributed by atoms with van der Waals surface area (Å²) < 4.78 is 91.0. The third-order valence-electron chi connectivity index (χ3n) is 0.800. The van der Waals surface area contributed by atoms with E-state index in [-0.39, 0.29) is 0 Å². The SMILES string of the molecule is FC(F)=C(F)/C(F)=C(/F)C(F)(F)F. The van der Waals surface area contributed by atoms with Gasteiger partial charge in [0.2, 0.25) is 17.5 Å². The van der Waals surface area contributed by atoms with Crippen LogP contribution in [0.25, 0.3) is 0 Å². The minimum Gasteiger partial charge on any atom is -0.200 e. The van der Waals surface area contributed by atoms with Gasteiger partial charge in [-0.25, -0.2) is 4.39 Å². The molecule has 0 bridgehead atoms. The standard InChI is InChI=1S/C5F8/c6-1(2(7)4(9)10)3(8)5(11,12)13/b3-1-. The summed E-state index contributed by atoms with van der Waals surface area (Å²) in [4.78, 5) is 0. The lowest BCUT2D eigenvalue weighted by Gasteiger charge is -2.02. The topological polar surface area (TPSA) is 0 Å². The van der Waals surface area contributed by atoms with Crippen molar-refractivity contribution in [2.24, 2.45) is 0 Å². The number of hydrogen-bond acceptors (Lipinski definition) is 0. The van der Waals surface area contributed by atoms with Crippen LogP contribution in [0.3, 0.4) is 0 Å². The van der Waals surface area contributed by atoms with Gasteiger partial charge in [0.1, 0.15) is 0 Å². The summed E-state index contributed by atoms with van der Waals surface area (Å²) in [5, 5.41) is 0. The Kier molecular flexibility index (Phi) is 3.44. The van der Waals surface area contributed by atoms with Crippen LogP contribution in [0, 0.1) is 0 Å². The van der Waals surface area contributed by atoms with E-state index in [1.165, 1.54) is 0 Å². The molecule has 0 nitrogen and oxygen atoms in total. The molecule has 0 aliphatic carbocycles. The Balaban J connectivity index is 5.18. The van der Waals surface area contributed by atoms with Gasteiger partial charge in [-0.1, -0.05) is 0 Å². The quantitative estimate of drug-likeness (QED) is 0.458. The molecular weight excluding hydrogens is 212 g/mol. The van der Waals surface area contributed by atoms with Crippen molar-refractivity contribution in [1.82, 2.24) is 0 Å². The van der Waals surface area contributed by atoms with E-state index in [9.17, 15) is 35.1 Å². The van der Waals surface area contributed by atoms with Crippen molar-refractivity contribution in [3.63, 3.8) is 0 Å². The van der Waals surface area contributed by atoms with Crippen LogP contribution in [0.15, 0.2) is 23.6 Å². The molecule has 0 atom stereocenters. The molecule has 0 radical (unpaired) electrons. The summed E-state index contributed by atoms with van der Waals surface area (Å²) in [6, 6.07) is 0. The molecule has 0 aliphatic rings. The fourth-order valence-electron chi connectivity index (χ4n) is 0.304. The Morgan fingerprint density at radius 1 is 0.692 bits per heavy atom. The van der Waals surface area contributed by atoms with Gasteiger partial charge in [-0.2, -0.15) is 30.7 Å². The highest BCUT2D eigenvalue weighted by atomic mass is 19.4. The maximum atomic E-state index is 11.8. The summed E-state index contributed by atoms with van der Waals surface area (Å²) in [7, 11) is 0. The number of alkyl halides is 3. The fraction of sp³-hybridized carbons (Fsp3) is 0.200. The molecule has 0 aromatic heterocycles. The van der Waals surface area contributed by atoms with E-state index in [2.05, 4.69) is 0 Å². The molecule has 0 N–H and O–H groups in total. The molecular formula is C5F8. The van der Waals surface area contributed by atoms with E-state index in [1.807, 2.05) is 0 Å². The van der Waals surface area contributed by atoms with E-state index in [0.717, 1.165) is 0 Å². The first-order valence-corrected chi connectivity index (χ1v) is 2.51. The Bertz CT molecular complexity index is 252. The third kappa shape index (κ3) is 3.03. The maximum absolute atomic E-state index is 11.8. The summed E-state index contributed by atoms with van der Waals surface area (Å²) in [6.45, 7) is 0. The highest BCUT2D eigenvalue weighted by Gasteiger charge is 2.40. The Morgan fingerprint density at radius 2 is 1.08 bits per heavy atom. The normalized spacial score (nSPS) is 13.8. The molecule has 0 fully saturated rings. The van der Waals surface area contributed by atoms with E-state index in [4.69, 9.17) is 0 Å². The highest BCUT2D eigenvalue weighted by molar-refractivity contribution is 5.24. The van der Waals surface area contributed by atoms with Crippen LogP contribution >= 0.6 is 0 Å². The lowest BCUT2D eigenvalue weighted by Crippen LogP contribution is -2.09. The average molecular weight is 212 g/mol. The Labute approximate surface area is 66.1 Å². The molecule has 0 amide bonds. The van der Waals surface area contributed by atoms with E-state index in [1.54, 1.807) is 0 Å². The van der Waals surface area contributed by atoms with E-state index in [0.29, 0.717) is 0 Å². The first kappa shape index (κ1) is 11.9. The predicted octanol–water partition coefficient (Wildman–Crippen LogP) is 3.78. The van der Waals surface area contributed by atoms with Gasteiger partial charge in [-0.3, -0.25) is 0 Å². The zero-order valence-corrected chi connectivity index (χ0v) is 5.52. The molecule has 0 spiro atoms. The molecule has 0 heterocycles. The molecule has 0 unspecified atom stereocenters. The smallest absolute Gasteiger partial charge is 0.200 e. The number of halogens is 8. The Hall–Kier alpha value is -1.08. The summed E-state index contributed by atoms with van der Waals surface area (Å²) in [6.07, 6.45) is -9.19. The molecule has 13 heavy (non-hydrogen) atoms. The van der Waals surface area contributed by atoms with E-state index < -0.39 is 29.7 Å². The lowest BCUT2D eigenvalue weighted by molar-refractivity contribution is -0.111. The van der Waals surface area contributed by atoms with Crippen molar-refractivity contribution in [3.8, 4) is 0 Å². The van der Waals surface area contributed by atoms with Crippen LogP contribution in [0.4, 0.5) is 35.1 Å². The van der Waals surface area contributed by atoms with Crippen molar-refractivity contribution < 1.29 is 35.1 Å². The first-order valence-electron chi connectivity index (χ1n) is 2.51. The zero-order chi connectivity index (χ0) is 10.8. The molecule has 0 aliphatic heterocycles. The van der Waals surface area contributed by atoms with Gasteiger partial charge >= 0.3 is 12.3 Å². The van der Waals surface area contributed by atoms with Gasteiger partial charge in [-0.15, -0.1) is 0 Å². The van der Waals surface area contributed by atoms with Gasteiger partial charge in [0.15, 0.2) is 0 Å². The summed E-state index contributed by atoms with van der Waals surface area (Å²) in [5.41, 5.74) is 0. The van der Waals surface area contributed by atoms with Crippen molar-refractivity contribution in [3.05, 3.63) is 23.6 Å². The fourth-order valence-corrected chi connectivity index (χ4v) is 0.304. The van der Waals surface area contributed by atoms with Gasteiger partial charge in [0, 0.05) is 0 Å². The van der Waals surface area contributed by atoms with Crippen molar-refractivity contribution in [2.75, 3.05) is 0 Å². The molecule has 0 rings (SSSR count). The minimum absolute atomic E-state index is 3.16. The van der Waals surface area contributed by atoms with Crippen LogP contribution in [0.2, 0.25) is 0 Å². The summed E-state index contributed by atoms with van der Waals surface area (Å²) >= 11 is 0. The third-order valence-corrected chi connectivity index (χ3v) is 0.800. The Morgan fingerprint density at radius 3 is 1.31 bits per heavy atom. The second-order valence-corrected chi connectivity index (χ2v) is 1.70. The van der Waals surface area contributed by atoms with Crippen LogP contribution < -0.4 is 0 Å². The second kappa shape index (κ2) is 3.75. The number of hydrogen-bond donors (Lipinski definition) is 0. The largest absolute Gasteiger partial charge is 0.446 e. The van der Waals surface area contributed by atoms with Gasteiger partial charge < -0.3 is 0 Å². The van der Waals surface area contributed by atoms with Gasteiger partial charge in [0.25, 0.3) is 0 Å². The molecule has 8 heteroatoms. The van der Waals surface area contributed by atoms with Crippen molar-refractivity contribution in [1.29, 1.82) is 0 Å².